The molecule has 0 saturated carbocycles. The zero-order valence-electron chi connectivity index (χ0n) is 13.0. The minimum atomic E-state index is 0. The highest BCUT2D eigenvalue weighted by molar-refractivity contribution is 14.0. The van der Waals surface area contributed by atoms with E-state index < -0.39 is 0 Å². The third kappa shape index (κ3) is 6.56. The number of aromatic nitrogens is 2. The second kappa shape index (κ2) is 10.00. The molecule has 2 N–H and O–H groups in total. The third-order valence-corrected chi connectivity index (χ3v) is 3.67. The van der Waals surface area contributed by atoms with Gasteiger partial charge in [0.25, 0.3) is 0 Å². The van der Waals surface area contributed by atoms with Gasteiger partial charge in [-0.2, -0.15) is 5.10 Å². The molecule has 2 rings (SSSR count). The summed E-state index contributed by atoms with van der Waals surface area (Å²) in [6.07, 6.45) is 3.85. The molecule has 23 heavy (non-hydrogen) atoms. The molecule has 0 amide bonds. The molecule has 0 saturated heterocycles. The van der Waals surface area contributed by atoms with Gasteiger partial charge < -0.3 is 10.6 Å². The fraction of sp³-hybridized carbons (Fsp3) is 0.333. The van der Waals surface area contributed by atoms with E-state index in [-0.39, 0.29) is 24.0 Å². The zero-order chi connectivity index (χ0) is 15.9. The molecule has 0 aliphatic heterocycles. The molecule has 5 nitrogen and oxygen atoms in total. The number of hydrogen-bond donors (Lipinski definition) is 2. The summed E-state index contributed by atoms with van der Waals surface area (Å²) in [5, 5.41) is 12.0. The van der Waals surface area contributed by atoms with Gasteiger partial charge in [0.2, 0.25) is 0 Å². The first-order valence-electron chi connectivity index (χ1n) is 6.96. The number of aryl methyl sites for hydroxylation is 1. The van der Waals surface area contributed by atoms with E-state index in [0.717, 1.165) is 30.2 Å². The van der Waals surface area contributed by atoms with Crippen LogP contribution in [0.1, 0.15) is 11.1 Å². The second-order valence-corrected chi connectivity index (χ2v) is 5.71. The SMILES string of the molecule is CN=C(NCCn1cc(C)cn1)NCc1ccc(Cl)cc1Cl.I. The maximum Gasteiger partial charge on any atom is 0.191 e. The number of rotatable bonds is 5. The first-order chi connectivity index (χ1) is 10.6. The molecule has 126 valence electrons. The van der Waals surface area contributed by atoms with Crippen LogP contribution in [0.4, 0.5) is 0 Å². The highest BCUT2D eigenvalue weighted by Gasteiger charge is 2.03. The first-order valence-corrected chi connectivity index (χ1v) is 7.71. The topological polar surface area (TPSA) is 54.2 Å². The molecule has 0 radical (unpaired) electrons. The van der Waals surface area contributed by atoms with E-state index in [0.29, 0.717) is 16.6 Å². The van der Waals surface area contributed by atoms with Crippen LogP contribution in [0.15, 0.2) is 35.6 Å². The number of nitrogens with one attached hydrogen (secondary N) is 2. The number of nitrogens with zero attached hydrogens (tertiary/aromatic N) is 3. The van der Waals surface area contributed by atoms with Crippen molar-refractivity contribution >= 4 is 53.1 Å². The number of hydrogen-bond acceptors (Lipinski definition) is 2. The van der Waals surface area contributed by atoms with E-state index >= 15 is 0 Å². The van der Waals surface area contributed by atoms with Crippen LogP contribution in [0, 0.1) is 6.92 Å². The van der Waals surface area contributed by atoms with Gasteiger partial charge in [0.15, 0.2) is 5.96 Å². The van der Waals surface area contributed by atoms with E-state index in [2.05, 4.69) is 20.7 Å². The van der Waals surface area contributed by atoms with E-state index in [1.54, 1.807) is 13.1 Å². The lowest BCUT2D eigenvalue weighted by atomic mass is 10.2. The van der Waals surface area contributed by atoms with Crippen molar-refractivity contribution in [2.24, 2.45) is 4.99 Å². The summed E-state index contributed by atoms with van der Waals surface area (Å²) in [5.74, 6) is 0.717. The smallest absolute Gasteiger partial charge is 0.191 e. The molecule has 0 spiro atoms. The Hall–Kier alpha value is -0.990. The maximum atomic E-state index is 6.15. The number of halogens is 3. The second-order valence-electron chi connectivity index (χ2n) is 4.87. The molecular formula is C15H20Cl2IN5. The summed E-state index contributed by atoms with van der Waals surface area (Å²) in [5.41, 5.74) is 2.12. The van der Waals surface area contributed by atoms with Gasteiger partial charge in [-0.15, -0.1) is 24.0 Å². The Morgan fingerprint density at radius 1 is 1.30 bits per heavy atom. The van der Waals surface area contributed by atoms with Crippen molar-refractivity contribution in [1.82, 2.24) is 20.4 Å². The lowest BCUT2D eigenvalue weighted by Crippen LogP contribution is -2.38. The molecule has 8 heteroatoms. The summed E-state index contributed by atoms with van der Waals surface area (Å²) in [4.78, 5) is 4.18. The summed E-state index contributed by atoms with van der Waals surface area (Å²) in [6.45, 7) is 4.11. The molecule has 1 aromatic heterocycles. The molecule has 1 heterocycles. The van der Waals surface area contributed by atoms with Gasteiger partial charge in [-0.1, -0.05) is 29.3 Å². The van der Waals surface area contributed by atoms with Crippen molar-refractivity contribution in [1.29, 1.82) is 0 Å². The lowest BCUT2D eigenvalue weighted by molar-refractivity contribution is 0.597. The highest BCUT2D eigenvalue weighted by Crippen LogP contribution is 2.20. The van der Waals surface area contributed by atoms with Crippen LogP contribution in [0.2, 0.25) is 10.0 Å². The Kier molecular flexibility index (Phi) is 8.72. The fourth-order valence-electron chi connectivity index (χ4n) is 1.94. The van der Waals surface area contributed by atoms with Crippen LogP contribution in [-0.4, -0.2) is 29.3 Å². The molecule has 2 aromatic rings. The minimum Gasteiger partial charge on any atom is -0.355 e. The summed E-state index contributed by atoms with van der Waals surface area (Å²) in [7, 11) is 1.73. The maximum absolute atomic E-state index is 6.15. The van der Waals surface area contributed by atoms with Crippen LogP contribution in [-0.2, 0) is 13.1 Å². The lowest BCUT2D eigenvalue weighted by Gasteiger charge is -2.12. The standard InChI is InChI=1S/C15H19Cl2N5.HI/c1-11-8-21-22(10-11)6-5-19-15(18-2)20-9-12-3-4-13(16)7-14(12)17;/h3-4,7-8,10H,5-6,9H2,1-2H3,(H2,18,19,20);1H. The molecule has 0 aliphatic rings. The normalized spacial score (nSPS) is 11.0. The Morgan fingerprint density at radius 2 is 2.09 bits per heavy atom. The van der Waals surface area contributed by atoms with Gasteiger partial charge >= 0.3 is 0 Å². The van der Waals surface area contributed by atoms with Crippen LogP contribution in [0.3, 0.4) is 0 Å². The average Bonchev–Trinajstić information content (AvgIpc) is 2.89. The predicted molar refractivity (Wildman–Crippen MR) is 107 cm³/mol. The van der Waals surface area contributed by atoms with Gasteiger partial charge in [0.05, 0.1) is 12.7 Å². The highest BCUT2D eigenvalue weighted by atomic mass is 127. The summed E-state index contributed by atoms with van der Waals surface area (Å²) >= 11 is 12.0. The van der Waals surface area contributed by atoms with E-state index in [1.807, 2.05) is 36.1 Å². The van der Waals surface area contributed by atoms with Crippen molar-refractivity contribution in [2.75, 3.05) is 13.6 Å². The molecule has 0 aliphatic carbocycles. The van der Waals surface area contributed by atoms with Crippen molar-refractivity contribution in [3.05, 3.63) is 51.8 Å². The number of aliphatic imine (C=N–C) groups is 1. The van der Waals surface area contributed by atoms with Crippen molar-refractivity contribution in [2.45, 2.75) is 20.0 Å². The third-order valence-electron chi connectivity index (χ3n) is 3.08. The Bertz CT molecular complexity index is 657. The Morgan fingerprint density at radius 3 is 2.70 bits per heavy atom. The fourth-order valence-corrected chi connectivity index (χ4v) is 2.42. The largest absolute Gasteiger partial charge is 0.355 e. The van der Waals surface area contributed by atoms with E-state index in [1.165, 1.54) is 0 Å². The molecule has 1 aromatic carbocycles. The van der Waals surface area contributed by atoms with Crippen molar-refractivity contribution in [3.8, 4) is 0 Å². The predicted octanol–water partition coefficient (Wildman–Crippen LogP) is 3.48. The minimum absolute atomic E-state index is 0. The van der Waals surface area contributed by atoms with Crippen LogP contribution in [0.25, 0.3) is 0 Å². The molecule has 0 fully saturated rings. The van der Waals surface area contributed by atoms with Crippen LogP contribution in [0.5, 0.6) is 0 Å². The monoisotopic (exact) mass is 467 g/mol. The van der Waals surface area contributed by atoms with E-state index in [4.69, 9.17) is 23.2 Å². The quantitative estimate of drug-likeness (QED) is 0.402. The Labute approximate surface area is 163 Å². The Balaban J connectivity index is 0.00000264. The van der Waals surface area contributed by atoms with E-state index in [9.17, 15) is 0 Å². The molecule has 0 unspecified atom stereocenters. The van der Waals surface area contributed by atoms with Crippen molar-refractivity contribution < 1.29 is 0 Å². The summed E-state index contributed by atoms with van der Waals surface area (Å²) in [6, 6.07) is 5.45. The van der Waals surface area contributed by atoms with Gasteiger partial charge in [0.1, 0.15) is 0 Å². The molecular weight excluding hydrogens is 448 g/mol. The molecule has 0 bridgehead atoms. The van der Waals surface area contributed by atoms with Crippen molar-refractivity contribution in [3.63, 3.8) is 0 Å². The first kappa shape index (κ1) is 20.1. The van der Waals surface area contributed by atoms with Gasteiger partial charge in [-0.3, -0.25) is 9.67 Å². The van der Waals surface area contributed by atoms with Gasteiger partial charge in [-0.25, -0.2) is 0 Å². The zero-order valence-corrected chi connectivity index (χ0v) is 16.9. The van der Waals surface area contributed by atoms with Crippen LogP contribution >= 0.6 is 47.2 Å². The van der Waals surface area contributed by atoms with Crippen LogP contribution < -0.4 is 10.6 Å². The molecule has 0 atom stereocenters. The number of guanidine groups is 1. The number of benzene rings is 1. The average molecular weight is 468 g/mol. The summed E-state index contributed by atoms with van der Waals surface area (Å²) < 4.78 is 1.89. The van der Waals surface area contributed by atoms with Gasteiger partial charge in [-0.05, 0) is 30.2 Å². The van der Waals surface area contributed by atoms with Gasteiger partial charge in [0, 0.05) is 36.4 Å².